The van der Waals surface area contributed by atoms with Gasteiger partial charge in [-0.05, 0) is 81.2 Å². The van der Waals surface area contributed by atoms with E-state index >= 15 is 0 Å². The molecule has 4 nitrogen and oxygen atoms in total. The van der Waals surface area contributed by atoms with Crippen molar-refractivity contribution in [3.63, 3.8) is 0 Å². The average Bonchev–Trinajstić information content (AvgIpc) is 3.08. The van der Waals surface area contributed by atoms with Crippen LogP contribution in [0, 0.1) is 12.7 Å². The molecule has 3 aromatic rings. The zero-order valence-electron chi connectivity index (χ0n) is 17.5. The van der Waals surface area contributed by atoms with Gasteiger partial charge >= 0.3 is 0 Å². The van der Waals surface area contributed by atoms with Crippen LogP contribution in [0.15, 0.2) is 36.4 Å². The number of likely N-dealkylation sites (N-methyl/N-ethyl adjacent to an activating group) is 1. The fourth-order valence-electron chi connectivity index (χ4n) is 4.53. The Morgan fingerprint density at radius 3 is 2.72 bits per heavy atom. The minimum absolute atomic E-state index is 0.270. The first kappa shape index (κ1) is 19.9. The fourth-order valence-corrected chi connectivity index (χ4v) is 4.53. The number of methoxy groups -OCH3 is 1. The summed E-state index contributed by atoms with van der Waals surface area (Å²) in [5.41, 5.74) is 4.80. The van der Waals surface area contributed by atoms with E-state index in [9.17, 15) is 4.39 Å². The van der Waals surface area contributed by atoms with Crippen LogP contribution in [0.25, 0.3) is 22.2 Å². The van der Waals surface area contributed by atoms with E-state index in [1.54, 1.807) is 19.2 Å². The van der Waals surface area contributed by atoms with E-state index in [1.807, 2.05) is 7.05 Å². The van der Waals surface area contributed by atoms with Gasteiger partial charge in [-0.1, -0.05) is 12.1 Å². The number of halogens is 1. The number of piperidine rings is 1. The zero-order valence-corrected chi connectivity index (χ0v) is 17.5. The molecular formula is C24H30FN3O. The number of ether oxygens (including phenoxy) is 1. The Balaban J connectivity index is 1.63. The Morgan fingerprint density at radius 1 is 1.21 bits per heavy atom. The number of aromatic nitrogens is 1. The van der Waals surface area contributed by atoms with E-state index in [-0.39, 0.29) is 5.82 Å². The molecule has 2 N–H and O–H groups in total. The molecule has 5 heteroatoms. The number of nitrogens with zero attached hydrogens (tertiary/aromatic N) is 1. The maximum atomic E-state index is 14.6. The summed E-state index contributed by atoms with van der Waals surface area (Å²) in [5.74, 6) is 0.868. The standard InChI is InChI=1S/C24H30FN3O/c1-16-19-15-18(17-9-12-28(13-10-17)14-11-26-2)7-8-21(19)27-24(16)23-20(25)5-4-6-22(23)29-3/h4-8,15,17,26-27H,9-14H2,1-3H3. The lowest BCUT2D eigenvalue weighted by molar-refractivity contribution is 0.214. The summed E-state index contributed by atoms with van der Waals surface area (Å²) in [7, 11) is 3.59. The van der Waals surface area contributed by atoms with Crippen molar-refractivity contribution >= 4 is 10.9 Å². The third-order valence-electron chi connectivity index (χ3n) is 6.26. The highest BCUT2D eigenvalue weighted by Gasteiger charge is 2.22. The normalized spacial score (nSPS) is 15.9. The maximum absolute atomic E-state index is 14.6. The summed E-state index contributed by atoms with van der Waals surface area (Å²) < 4.78 is 20.0. The second kappa shape index (κ2) is 8.56. The largest absolute Gasteiger partial charge is 0.496 e. The molecule has 1 aliphatic rings. The zero-order chi connectivity index (χ0) is 20.4. The summed E-state index contributed by atoms with van der Waals surface area (Å²) in [4.78, 5) is 5.96. The number of likely N-dealkylation sites (tertiary alicyclic amines) is 1. The van der Waals surface area contributed by atoms with Crippen molar-refractivity contribution in [3.05, 3.63) is 53.3 Å². The van der Waals surface area contributed by atoms with Gasteiger partial charge in [-0.25, -0.2) is 4.39 Å². The van der Waals surface area contributed by atoms with Gasteiger partial charge in [0.1, 0.15) is 11.6 Å². The Morgan fingerprint density at radius 2 is 2.00 bits per heavy atom. The molecule has 1 fully saturated rings. The predicted molar refractivity (Wildman–Crippen MR) is 117 cm³/mol. The molecule has 2 heterocycles. The molecule has 29 heavy (non-hydrogen) atoms. The van der Waals surface area contributed by atoms with E-state index in [0.29, 0.717) is 17.2 Å². The topological polar surface area (TPSA) is 40.3 Å². The van der Waals surface area contributed by atoms with Crippen LogP contribution in [-0.4, -0.2) is 50.2 Å². The fraction of sp³-hybridized carbons (Fsp3) is 0.417. The minimum atomic E-state index is -0.270. The Bertz CT molecular complexity index is 989. The van der Waals surface area contributed by atoms with Gasteiger partial charge in [0, 0.05) is 24.0 Å². The van der Waals surface area contributed by atoms with Gasteiger partial charge in [0.2, 0.25) is 0 Å². The number of H-pyrrole nitrogens is 1. The molecule has 0 bridgehead atoms. The molecule has 1 aliphatic heterocycles. The SMILES string of the molecule is CNCCN1CCC(c2ccc3[nH]c(-c4c(F)cccc4OC)c(C)c3c2)CC1. The van der Waals surface area contributed by atoms with E-state index in [4.69, 9.17) is 4.74 Å². The number of nitrogens with one attached hydrogen (secondary N) is 2. The van der Waals surface area contributed by atoms with Crippen molar-refractivity contribution in [2.24, 2.45) is 0 Å². The smallest absolute Gasteiger partial charge is 0.136 e. The van der Waals surface area contributed by atoms with Crippen LogP contribution in [0.3, 0.4) is 0 Å². The highest BCUT2D eigenvalue weighted by Crippen LogP contribution is 2.38. The van der Waals surface area contributed by atoms with E-state index in [0.717, 1.165) is 43.0 Å². The second-order valence-electron chi connectivity index (χ2n) is 7.97. The summed E-state index contributed by atoms with van der Waals surface area (Å²) in [5, 5.41) is 4.40. The van der Waals surface area contributed by atoms with Gasteiger partial charge in [-0.3, -0.25) is 0 Å². The van der Waals surface area contributed by atoms with Gasteiger partial charge in [-0.2, -0.15) is 0 Å². The minimum Gasteiger partial charge on any atom is -0.496 e. The number of aryl methyl sites for hydroxylation is 1. The van der Waals surface area contributed by atoms with E-state index in [1.165, 1.54) is 29.9 Å². The molecule has 0 atom stereocenters. The number of aromatic amines is 1. The van der Waals surface area contributed by atoms with Gasteiger partial charge in [0.25, 0.3) is 0 Å². The highest BCUT2D eigenvalue weighted by atomic mass is 19.1. The molecule has 0 spiro atoms. The third-order valence-corrected chi connectivity index (χ3v) is 6.26. The highest BCUT2D eigenvalue weighted by molar-refractivity contribution is 5.92. The van der Waals surface area contributed by atoms with Crippen LogP contribution in [0.2, 0.25) is 0 Å². The molecule has 1 aromatic heterocycles. The van der Waals surface area contributed by atoms with Crippen LogP contribution in [-0.2, 0) is 0 Å². The molecule has 2 aromatic carbocycles. The number of hydrogen-bond acceptors (Lipinski definition) is 3. The van der Waals surface area contributed by atoms with Crippen molar-refractivity contribution in [1.82, 2.24) is 15.2 Å². The first-order chi connectivity index (χ1) is 14.1. The number of hydrogen-bond donors (Lipinski definition) is 2. The number of benzene rings is 2. The first-order valence-corrected chi connectivity index (χ1v) is 10.4. The monoisotopic (exact) mass is 395 g/mol. The number of fused-ring (bicyclic) bond motifs is 1. The van der Waals surface area contributed by atoms with Crippen LogP contribution in [0.5, 0.6) is 5.75 Å². The summed E-state index contributed by atoms with van der Waals surface area (Å²) in [6.07, 6.45) is 2.37. The Kier molecular flexibility index (Phi) is 5.88. The Hall–Kier alpha value is -2.37. The van der Waals surface area contributed by atoms with Gasteiger partial charge in [-0.15, -0.1) is 0 Å². The van der Waals surface area contributed by atoms with Gasteiger partial charge < -0.3 is 19.9 Å². The van der Waals surface area contributed by atoms with Crippen molar-refractivity contribution < 1.29 is 9.13 Å². The molecule has 0 saturated carbocycles. The predicted octanol–water partition coefficient (Wildman–Crippen LogP) is 4.69. The molecule has 1 saturated heterocycles. The summed E-state index contributed by atoms with van der Waals surface area (Å²) in [6.45, 7) is 6.51. The molecular weight excluding hydrogens is 365 g/mol. The Labute approximate surface area is 172 Å². The lowest BCUT2D eigenvalue weighted by Crippen LogP contribution is -2.37. The molecule has 0 amide bonds. The van der Waals surface area contributed by atoms with E-state index in [2.05, 4.69) is 40.3 Å². The molecule has 0 radical (unpaired) electrons. The third kappa shape index (κ3) is 3.89. The maximum Gasteiger partial charge on any atom is 0.136 e. The van der Waals surface area contributed by atoms with Crippen LogP contribution < -0.4 is 10.1 Å². The van der Waals surface area contributed by atoms with E-state index < -0.39 is 0 Å². The molecule has 154 valence electrons. The molecule has 4 rings (SSSR count). The average molecular weight is 396 g/mol. The quantitative estimate of drug-likeness (QED) is 0.636. The summed E-state index contributed by atoms with van der Waals surface area (Å²) >= 11 is 0. The first-order valence-electron chi connectivity index (χ1n) is 10.4. The summed E-state index contributed by atoms with van der Waals surface area (Å²) in [6, 6.07) is 11.6. The molecule has 0 aliphatic carbocycles. The second-order valence-corrected chi connectivity index (χ2v) is 7.97. The van der Waals surface area contributed by atoms with Crippen LogP contribution in [0.1, 0.15) is 29.9 Å². The lowest BCUT2D eigenvalue weighted by Gasteiger charge is -2.32. The molecule has 0 unspecified atom stereocenters. The van der Waals surface area contributed by atoms with Crippen molar-refractivity contribution in [2.75, 3.05) is 40.3 Å². The van der Waals surface area contributed by atoms with Gasteiger partial charge in [0.05, 0.1) is 18.4 Å². The van der Waals surface area contributed by atoms with Crippen LogP contribution in [0.4, 0.5) is 4.39 Å². The number of rotatable bonds is 6. The lowest BCUT2D eigenvalue weighted by atomic mass is 9.88. The van der Waals surface area contributed by atoms with Crippen molar-refractivity contribution in [3.8, 4) is 17.0 Å². The van der Waals surface area contributed by atoms with Crippen LogP contribution >= 0.6 is 0 Å². The van der Waals surface area contributed by atoms with Crippen molar-refractivity contribution in [1.29, 1.82) is 0 Å². The van der Waals surface area contributed by atoms with Crippen molar-refractivity contribution in [2.45, 2.75) is 25.7 Å². The van der Waals surface area contributed by atoms with Gasteiger partial charge in [0.15, 0.2) is 0 Å².